The molecule has 0 aliphatic carbocycles. The number of hydrogen-bond acceptors (Lipinski definition) is 6. The van der Waals surface area contributed by atoms with Crippen molar-refractivity contribution in [2.45, 2.75) is 4.90 Å². The zero-order valence-electron chi connectivity index (χ0n) is 14.7. The number of halogens is 1. The number of carbonyl (C=O) groups is 1. The number of sulfonamides is 1. The Balaban J connectivity index is 1.49. The Bertz CT molecular complexity index is 1290. The second kappa shape index (κ2) is 7.64. The van der Waals surface area contributed by atoms with Gasteiger partial charge in [0.2, 0.25) is 5.95 Å². The topological polar surface area (TPSA) is 114 Å². The van der Waals surface area contributed by atoms with Gasteiger partial charge in [0.15, 0.2) is 5.76 Å². The molecule has 0 fully saturated rings. The minimum atomic E-state index is -3.84. The van der Waals surface area contributed by atoms with E-state index in [4.69, 9.17) is 4.42 Å². The summed E-state index contributed by atoms with van der Waals surface area (Å²) in [5.74, 6) is -0.317. The van der Waals surface area contributed by atoms with Gasteiger partial charge in [0, 0.05) is 27.9 Å². The van der Waals surface area contributed by atoms with Gasteiger partial charge in [-0.05, 0) is 54.6 Å². The lowest BCUT2D eigenvalue weighted by Crippen LogP contribution is -2.15. The van der Waals surface area contributed by atoms with Crippen molar-refractivity contribution >= 4 is 54.5 Å². The van der Waals surface area contributed by atoms with Crippen molar-refractivity contribution in [3.8, 4) is 0 Å². The Morgan fingerprint density at radius 1 is 1.00 bits per heavy atom. The smallest absolute Gasteiger partial charge is 0.291 e. The summed E-state index contributed by atoms with van der Waals surface area (Å²) in [5.41, 5.74) is 1.01. The van der Waals surface area contributed by atoms with Crippen molar-refractivity contribution in [3.63, 3.8) is 0 Å². The van der Waals surface area contributed by atoms with E-state index in [1.54, 1.807) is 18.2 Å². The largest absolute Gasteiger partial charge is 0.451 e. The maximum atomic E-state index is 12.4. The average molecular weight is 473 g/mol. The van der Waals surface area contributed by atoms with Crippen LogP contribution in [0.3, 0.4) is 0 Å². The molecule has 10 heteroatoms. The highest BCUT2D eigenvalue weighted by molar-refractivity contribution is 9.10. The van der Waals surface area contributed by atoms with Gasteiger partial charge in [-0.2, -0.15) is 0 Å². The number of amides is 1. The molecule has 4 aromatic rings. The SMILES string of the molecule is O=C(Nc1ccc(S(=O)(=O)Nc2ncccn2)cc1)c1cc2cc(Br)ccc2o1. The standard InChI is InChI=1S/C19H13BrN4O4S/c20-13-2-7-16-12(10-13)11-17(28-16)18(25)23-14-3-5-15(6-4-14)29(26,27)24-19-21-8-1-9-22-19/h1-11H,(H,23,25)(H,21,22,24). The summed E-state index contributed by atoms with van der Waals surface area (Å²) in [7, 11) is -3.84. The Hall–Kier alpha value is -3.24. The van der Waals surface area contributed by atoms with Crippen molar-refractivity contribution in [3.05, 3.63) is 77.2 Å². The third kappa shape index (κ3) is 4.28. The minimum absolute atomic E-state index is 0.0107. The van der Waals surface area contributed by atoms with Crippen molar-refractivity contribution in [1.82, 2.24) is 9.97 Å². The van der Waals surface area contributed by atoms with Crippen LogP contribution in [0.25, 0.3) is 11.0 Å². The fourth-order valence-electron chi connectivity index (χ4n) is 2.57. The van der Waals surface area contributed by atoms with Gasteiger partial charge >= 0.3 is 0 Å². The van der Waals surface area contributed by atoms with Crippen LogP contribution in [0.2, 0.25) is 0 Å². The number of rotatable bonds is 5. The summed E-state index contributed by atoms with van der Waals surface area (Å²) in [4.78, 5) is 20.1. The van der Waals surface area contributed by atoms with Crippen LogP contribution in [0.4, 0.5) is 11.6 Å². The summed E-state index contributed by atoms with van der Waals surface area (Å²) in [6.45, 7) is 0. The number of furan rings is 1. The predicted octanol–water partition coefficient (Wildman–Crippen LogP) is 4.04. The first kappa shape index (κ1) is 19.1. The van der Waals surface area contributed by atoms with Crippen LogP contribution in [-0.4, -0.2) is 24.3 Å². The van der Waals surface area contributed by atoms with Crippen LogP contribution >= 0.6 is 15.9 Å². The number of benzene rings is 2. The lowest BCUT2D eigenvalue weighted by atomic mass is 10.2. The highest BCUT2D eigenvalue weighted by Gasteiger charge is 2.17. The van der Waals surface area contributed by atoms with Gasteiger partial charge in [-0.1, -0.05) is 15.9 Å². The molecule has 4 rings (SSSR count). The summed E-state index contributed by atoms with van der Waals surface area (Å²) in [5, 5.41) is 3.47. The second-order valence-electron chi connectivity index (χ2n) is 5.95. The number of carbonyl (C=O) groups excluding carboxylic acids is 1. The Kier molecular flexibility index (Phi) is 5.03. The first-order valence-corrected chi connectivity index (χ1v) is 10.6. The Morgan fingerprint density at radius 2 is 1.72 bits per heavy atom. The first-order valence-electron chi connectivity index (χ1n) is 8.31. The molecule has 0 radical (unpaired) electrons. The molecule has 0 spiro atoms. The van der Waals surface area contributed by atoms with Crippen molar-refractivity contribution < 1.29 is 17.6 Å². The quantitative estimate of drug-likeness (QED) is 0.452. The Morgan fingerprint density at radius 3 is 2.45 bits per heavy atom. The summed E-state index contributed by atoms with van der Waals surface area (Å²) < 4.78 is 33.5. The molecule has 8 nitrogen and oxygen atoms in total. The molecular formula is C19H13BrN4O4S. The molecule has 0 saturated heterocycles. The maximum Gasteiger partial charge on any atom is 0.291 e. The zero-order valence-corrected chi connectivity index (χ0v) is 17.1. The molecule has 29 heavy (non-hydrogen) atoms. The number of nitrogens with one attached hydrogen (secondary N) is 2. The van der Waals surface area contributed by atoms with E-state index >= 15 is 0 Å². The van der Waals surface area contributed by atoms with E-state index < -0.39 is 15.9 Å². The van der Waals surface area contributed by atoms with E-state index in [2.05, 4.69) is 35.9 Å². The normalized spacial score (nSPS) is 11.3. The molecule has 0 aliphatic heterocycles. The summed E-state index contributed by atoms with van der Waals surface area (Å²) in [6, 6.07) is 14.4. The molecule has 2 aromatic heterocycles. The van der Waals surface area contributed by atoms with Gasteiger partial charge in [0.25, 0.3) is 15.9 Å². The van der Waals surface area contributed by atoms with Crippen LogP contribution in [-0.2, 0) is 10.0 Å². The highest BCUT2D eigenvalue weighted by Crippen LogP contribution is 2.24. The van der Waals surface area contributed by atoms with Crippen molar-refractivity contribution in [2.75, 3.05) is 10.0 Å². The maximum absolute atomic E-state index is 12.4. The van der Waals surface area contributed by atoms with Gasteiger partial charge in [-0.25, -0.2) is 23.1 Å². The molecule has 0 bridgehead atoms. The number of hydrogen-bond donors (Lipinski definition) is 2. The van der Waals surface area contributed by atoms with Crippen LogP contribution in [0, 0.1) is 0 Å². The lowest BCUT2D eigenvalue weighted by Gasteiger charge is -2.07. The van der Waals surface area contributed by atoms with Gasteiger partial charge in [-0.15, -0.1) is 0 Å². The van der Waals surface area contributed by atoms with Crippen LogP contribution in [0.1, 0.15) is 10.6 Å². The van der Waals surface area contributed by atoms with Gasteiger partial charge < -0.3 is 9.73 Å². The molecule has 2 aromatic carbocycles. The third-order valence-corrected chi connectivity index (χ3v) is 5.75. The molecule has 1 amide bonds. The van der Waals surface area contributed by atoms with Crippen molar-refractivity contribution in [2.24, 2.45) is 0 Å². The first-order chi connectivity index (χ1) is 13.9. The summed E-state index contributed by atoms with van der Waals surface area (Å²) >= 11 is 3.37. The van der Waals surface area contributed by atoms with E-state index in [0.29, 0.717) is 11.3 Å². The molecule has 2 heterocycles. The summed E-state index contributed by atoms with van der Waals surface area (Å²) in [6.07, 6.45) is 2.86. The fraction of sp³-hybridized carbons (Fsp3) is 0. The van der Waals surface area contributed by atoms with E-state index in [9.17, 15) is 13.2 Å². The molecule has 0 unspecified atom stereocenters. The monoisotopic (exact) mass is 472 g/mol. The lowest BCUT2D eigenvalue weighted by molar-refractivity contribution is 0.0998. The van der Waals surface area contributed by atoms with E-state index in [0.717, 1.165) is 9.86 Å². The zero-order chi connectivity index (χ0) is 20.4. The minimum Gasteiger partial charge on any atom is -0.451 e. The molecule has 146 valence electrons. The fourth-order valence-corrected chi connectivity index (χ4v) is 3.90. The number of anilines is 2. The van der Waals surface area contributed by atoms with Gasteiger partial charge in [0.05, 0.1) is 4.90 Å². The van der Waals surface area contributed by atoms with E-state index in [1.165, 1.54) is 36.7 Å². The predicted molar refractivity (Wildman–Crippen MR) is 111 cm³/mol. The average Bonchev–Trinajstić information content (AvgIpc) is 3.12. The number of nitrogens with zero attached hydrogens (tertiary/aromatic N) is 2. The molecule has 0 atom stereocenters. The molecule has 0 aliphatic rings. The second-order valence-corrected chi connectivity index (χ2v) is 8.55. The van der Waals surface area contributed by atoms with E-state index in [-0.39, 0.29) is 16.6 Å². The molecular weight excluding hydrogens is 460 g/mol. The van der Waals surface area contributed by atoms with Crippen molar-refractivity contribution in [1.29, 1.82) is 0 Å². The van der Waals surface area contributed by atoms with Crippen LogP contribution < -0.4 is 10.0 Å². The number of fused-ring (bicyclic) bond motifs is 1. The van der Waals surface area contributed by atoms with Gasteiger partial charge in [-0.3, -0.25) is 4.79 Å². The van der Waals surface area contributed by atoms with E-state index in [1.807, 2.05) is 12.1 Å². The number of aromatic nitrogens is 2. The molecule has 2 N–H and O–H groups in total. The van der Waals surface area contributed by atoms with Crippen LogP contribution in [0.5, 0.6) is 0 Å². The molecule has 0 saturated carbocycles. The van der Waals surface area contributed by atoms with Crippen LogP contribution in [0.15, 0.2) is 80.8 Å². The van der Waals surface area contributed by atoms with Gasteiger partial charge in [0.1, 0.15) is 5.58 Å². The third-order valence-electron chi connectivity index (χ3n) is 3.92. The highest BCUT2D eigenvalue weighted by atomic mass is 79.9. The Labute approximate surface area is 174 Å².